The second-order valence-corrected chi connectivity index (χ2v) is 9.73. The van der Waals surface area contributed by atoms with Crippen molar-refractivity contribution in [2.45, 2.75) is 40.0 Å². The molecule has 0 saturated carbocycles. The average molecular weight is 455 g/mol. The predicted molar refractivity (Wildman–Crippen MR) is 133 cm³/mol. The molecule has 0 aliphatic heterocycles. The molecule has 162 valence electrons. The molecule has 1 aromatic heterocycles. The fourth-order valence-corrected chi connectivity index (χ4v) is 3.95. The van der Waals surface area contributed by atoms with Gasteiger partial charge in [-0.15, -0.1) is 0 Å². The number of carbonyl (C=O) groups excluding carboxylic acids is 1. The Kier molecular flexibility index (Phi) is 6.62. The number of aromatic hydroxyl groups is 1. The molecule has 3 aromatic rings. The fourth-order valence-electron chi connectivity index (χ4n) is 2.95. The van der Waals surface area contributed by atoms with Gasteiger partial charge >= 0.3 is 0 Å². The van der Waals surface area contributed by atoms with Crippen LogP contribution in [-0.2, 0) is 5.41 Å². The normalized spacial score (nSPS) is 11.1. The average Bonchev–Trinajstić information content (AvgIpc) is 3.16. The number of nitrogens with zero attached hydrogens (tertiary/aromatic N) is 1. The number of thiazole rings is 1. The van der Waals surface area contributed by atoms with Crippen LogP contribution in [0.4, 0.5) is 16.5 Å². The molecule has 4 N–H and O–H groups in total. The van der Waals surface area contributed by atoms with E-state index in [4.69, 9.17) is 12.2 Å². The first-order chi connectivity index (χ1) is 14.5. The zero-order chi connectivity index (χ0) is 22.8. The maximum Gasteiger partial charge on any atom is 0.267 e. The first-order valence-corrected chi connectivity index (χ1v) is 11.0. The number of aromatic nitrogens is 1. The van der Waals surface area contributed by atoms with Gasteiger partial charge in [-0.2, -0.15) is 0 Å². The first kappa shape index (κ1) is 22.7. The van der Waals surface area contributed by atoms with Crippen LogP contribution in [0.15, 0.2) is 42.6 Å². The number of rotatable bonds is 4. The Balaban J connectivity index is 1.62. The monoisotopic (exact) mass is 454 g/mol. The summed E-state index contributed by atoms with van der Waals surface area (Å²) in [5.41, 5.74) is 4.29. The highest BCUT2D eigenvalue weighted by atomic mass is 32.1. The van der Waals surface area contributed by atoms with Gasteiger partial charge in [-0.3, -0.25) is 4.79 Å². The summed E-state index contributed by atoms with van der Waals surface area (Å²) >= 11 is 6.57. The highest BCUT2D eigenvalue weighted by molar-refractivity contribution is 7.80. The van der Waals surface area contributed by atoms with E-state index < -0.39 is 0 Å². The molecule has 0 fully saturated rings. The molecule has 8 heteroatoms. The molecule has 0 aliphatic rings. The van der Waals surface area contributed by atoms with Crippen LogP contribution in [0.3, 0.4) is 0 Å². The molecule has 6 nitrogen and oxygen atoms in total. The van der Waals surface area contributed by atoms with Gasteiger partial charge in [0.05, 0.1) is 11.9 Å². The summed E-state index contributed by atoms with van der Waals surface area (Å²) in [6.07, 6.45) is 1.50. The minimum Gasteiger partial charge on any atom is -0.508 e. The molecule has 0 bridgehead atoms. The van der Waals surface area contributed by atoms with Gasteiger partial charge in [0.25, 0.3) is 5.91 Å². The quantitative estimate of drug-likeness (QED) is 0.372. The van der Waals surface area contributed by atoms with E-state index >= 15 is 0 Å². The van der Waals surface area contributed by atoms with E-state index in [1.54, 1.807) is 19.1 Å². The number of hydrogen-bond acceptors (Lipinski definition) is 5. The number of benzene rings is 2. The fraction of sp³-hybridized carbons (Fsp3) is 0.261. The Hall–Kier alpha value is -2.97. The van der Waals surface area contributed by atoms with Crippen molar-refractivity contribution < 1.29 is 9.90 Å². The number of carbonyl (C=O) groups is 1. The van der Waals surface area contributed by atoms with Crippen LogP contribution in [0, 0.1) is 13.8 Å². The number of thiocarbonyl (C=S) groups is 1. The smallest absolute Gasteiger partial charge is 0.267 e. The molecule has 1 amide bonds. The van der Waals surface area contributed by atoms with E-state index in [0.717, 1.165) is 11.3 Å². The van der Waals surface area contributed by atoms with E-state index in [1.165, 1.54) is 23.1 Å². The SMILES string of the molecule is Cc1ccc(O)c(C)c1NC(=O)c1cnc(NC(=S)Nc2ccc(C(C)(C)C)cc2)s1. The Morgan fingerprint density at radius 2 is 1.71 bits per heavy atom. The molecular formula is C23H26N4O2S2. The molecule has 0 spiro atoms. The lowest BCUT2D eigenvalue weighted by Gasteiger charge is -2.19. The predicted octanol–water partition coefficient (Wildman–Crippen LogP) is 5.82. The molecule has 0 saturated heterocycles. The Bertz CT molecular complexity index is 1120. The zero-order valence-electron chi connectivity index (χ0n) is 18.2. The van der Waals surface area contributed by atoms with Crippen LogP contribution >= 0.6 is 23.6 Å². The summed E-state index contributed by atoms with van der Waals surface area (Å²) in [5, 5.41) is 19.8. The molecule has 0 atom stereocenters. The second-order valence-electron chi connectivity index (χ2n) is 8.29. The highest BCUT2D eigenvalue weighted by Gasteiger charge is 2.16. The van der Waals surface area contributed by atoms with E-state index in [9.17, 15) is 9.90 Å². The van der Waals surface area contributed by atoms with Crippen LogP contribution in [0.2, 0.25) is 0 Å². The third-order valence-corrected chi connectivity index (χ3v) is 5.96. The van der Waals surface area contributed by atoms with Crippen molar-refractivity contribution in [2.24, 2.45) is 0 Å². The number of aryl methyl sites for hydroxylation is 1. The number of hydrogen-bond donors (Lipinski definition) is 4. The molecule has 3 rings (SSSR count). The molecule has 0 unspecified atom stereocenters. The lowest BCUT2D eigenvalue weighted by molar-refractivity contribution is 0.103. The minimum atomic E-state index is -0.293. The number of anilines is 3. The van der Waals surface area contributed by atoms with Crippen molar-refractivity contribution in [1.29, 1.82) is 0 Å². The van der Waals surface area contributed by atoms with Crippen LogP contribution in [0.5, 0.6) is 5.75 Å². The van der Waals surface area contributed by atoms with Crippen molar-refractivity contribution in [3.05, 3.63) is 64.2 Å². The van der Waals surface area contributed by atoms with E-state index in [1.807, 2.05) is 19.1 Å². The van der Waals surface area contributed by atoms with E-state index in [-0.39, 0.29) is 17.1 Å². The summed E-state index contributed by atoms with van der Waals surface area (Å²) in [6.45, 7) is 10.1. The van der Waals surface area contributed by atoms with Gasteiger partial charge in [-0.25, -0.2) is 4.98 Å². The maximum atomic E-state index is 12.6. The largest absolute Gasteiger partial charge is 0.508 e. The first-order valence-electron chi connectivity index (χ1n) is 9.79. The Labute approximate surface area is 191 Å². The number of nitrogens with one attached hydrogen (secondary N) is 3. The third kappa shape index (κ3) is 5.59. The van der Waals surface area contributed by atoms with Gasteiger partial charge in [0.15, 0.2) is 10.2 Å². The third-order valence-electron chi connectivity index (χ3n) is 4.84. The number of amides is 1. The van der Waals surface area contributed by atoms with Crippen molar-refractivity contribution in [3.63, 3.8) is 0 Å². The van der Waals surface area contributed by atoms with Crippen molar-refractivity contribution in [3.8, 4) is 5.75 Å². The number of phenols is 1. The van der Waals surface area contributed by atoms with Crippen LogP contribution in [-0.4, -0.2) is 21.1 Å². The number of phenolic OH excluding ortho intramolecular Hbond substituents is 1. The van der Waals surface area contributed by atoms with Gasteiger partial charge in [-0.05, 0) is 60.8 Å². The topological polar surface area (TPSA) is 86.3 Å². The lowest BCUT2D eigenvalue weighted by atomic mass is 9.87. The van der Waals surface area contributed by atoms with Crippen molar-refractivity contribution >= 4 is 51.1 Å². The Morgan fingerprint density at radius 1 is 1.03 bits per heavy atom. The van der Waals surface area contributed by atoms with Gasteiger partial charge in [0.2, 0.25) is 0 Å². The van der Waals surface area contributed by atoms with Crippen LogP contribution in [0.25, 0.3) is 0 Å². The van der Waals surface area contributed by atoms with Gasteiger partial charge in [0, 0.05) is 11.3 Å². The van der Waals surface area contributed by atoms with Gasteiger partial charge in [-0.1, -0.05) is 50.3 Å². The van der Waals surface area contributed by atoms with Gasteiger partial charge in [0.1, 0.15) is 10.6 Å². The molecule has 1 heterocycles. The summed E-state index contributed by atoms with van der Waals surface area (Å²) < 4.78 is 0. The Morgan fingerprint density at radius 3 is 2.35 bits per heavy atom. The summed E-state index contributed by atoms with van der Waals surface area (Å²) in [4.78, 5) is 17.3. The van der Waals surface area contributed by atoms with Gasteiger partial charge < -0.3 is 21.1 Å². The molecular weight excluding hydrogens is 428 g/mol. The summed E-state index contributed by atoms with van der Waals surface area (Å²) in [6, 6.07) is 11.5. The van der Waals surface area contributed by atoms with E-state index in [0.29, 0.717) is 26.4 Å². The zero-order valence-corrected chi connectivity index (χ0v) is 19.8. The second kappa shape index (κ2) is 9.03. The standard InChI is InChI=1S/C23H26N4O2S2/c1-13-6-11-17(28)14(2)19(13)26-20(29)18-12-24-22(31-18)27-21(30)25-16-9-7-15(8-10-16)23(3,4)5/h6-12,28H,1-5H3,(H,26,29)(H2,24,25,27,30). The van der Waals surface area contributed by atoms with Crippen LogP contribution < -0.4 is 16.0 Å². The minimum absolute atomic E-state index is 0.0880. The van der Waals surface area contributed by atoms with E-state index in [2.05, 4.69) is 53.8 Å². The molecule has 0 aliphatic carbocycles. The molecule has 0 radical (unpaired) electrons. The van der Waals surface area contributed by atoms with Crippen molar-refractivity contribution in [2.75, 3.05) is 16.0 Å². The summed E-state index contributed by atoms with van der Waals surface area (Å²) in [7, 11) is 0. The molecule has 31 heavy (non-hydrogen) atoms. The lowest BCUT2D eigenvalue weighted by Crippen LogP contribution is -2.19. The van der Waals surface area contributed by atoms with Crippen LogP contribution in [0.1, 0.15) is 47.1 Å². The highest BCUT2D eigenvalue weighted by Crippen LogP contribution is 2.29. The summed E-state index contributed by atoms with van der Waals surface area (Å²) in [5.74, 6) is -0.154. The maximum absolute atomic E-state index is 12.6. The molecule has 2 aromatic carbocycles. The van der Waals surface area contributed by atoms with Crippen molar-refractivity contribution in [1.82, 2.24) is 4.98 Å².